The summed E-state index contributed by atoms with van der Waals surface area (Å²) in [5, 5.41) is 8.69. The van der Waals surface area contributed by atoms with Gasteiger partial charge in [0.2, 0.25) is 5.91 Å². The fraction of sp³-hybridized carbons (Fsp3) is 0.643. The quantitative estimate of drug-likeness (QED) is 0.828. The summed E-state index contributed by atoms with van der Waals surface area (Å²) >= 11 is 1.79. The first-order valence-corrected chi connectivity index (χ1v) is 7.72. The van der Waals surface area contributed by atoms with E-state index in [1.807, 2.05) is 6.92 Å². The number of rotatable bonds is 6. The van der Waals surface area contributed by atoms with E-state index in [2.05, 4.69) is 28.1 Å². The molecule has 2 N–H and O–H groups in total. The van der Waals surface area contributed by atoms with E-state index in [1.165, 1.54) is 17.7 Å². The van der Waals surface area contributed by atoms with Crippen LogP contribution in [0.1, 0.15) is 43.5 Å². The Bertz CT molecular complexity index is 409. The predicted molar refractivity (Wildman–Crippen MR) is 73.5 cm³/mol. The van der Waals surface area contributed by atoms with E-state index in [0.717, 1.165) is 18.8 Å². The third-order valence-corrected chi connectivity index (χ3v) is 4.65. The standard InChI is InChI=1S/C14H20N2OS/c1-9(14(17)16-11-6-7-11)15-13(10-4-5-10)12-3-2-8-18-12/h2-3,8-11,13,15H,4-7H2,1H3,(H,16,17). The molecule has 2 aliphatic carbocycles. The molecule has 1 amide bonds. The molecule has 4 heteroatoms. The number of carbonyl (C=O) groups is 1. The van der Waals surface area contributed by atoms with Crippen LogP contribution < -0.4 is 10.6 Å². The largest absolute Gasteiger partial charge is 0.352 e. The Morgan fingerprint density at radius 1 is 1.39 bits per heavy atom. The topological polar surface area (TPSA) is 41.1 Å². The van der Waals surface area contributed by atoms with Gasteiger partial charge in [-0.25, -0.2) is 0 Å². The maximum absolute atomic E-state index is 12.0. The zero-order chi connectivity index (χ0) is 12.5. The fourth-order valence-corrected chi connectivity index (χ4v) is 3.13. The fourth-order valence-electron chi connectivity index (χ4n) is 2.25. The van der Waals surface area contributed by atoms with Gasteiger partial charge in [-0.2, -0.15) is 0 Å². The number of carbonyl (C=O) groups excluding carboxylic acids is 1. The lowest BCUT2D eigenvalue weighted by atomic mass is 10.1. The van der Waals surface area contributed by atoms with E-state index in [0.29, 0.717) is 12.1 Å². The Hall–Kier alpha value is -0.870. The van der Waals surface area contributed by atoms with Gasteiger partial charge in [0.1, 0.15) is 0 Å². The van der Waals surface area contributed by atoms with Crippen LogP contribution in [0.2, 0.25) is 0 Å². The molecule has 0 radical (unpaired) electrons. The molecule has 3 rings (SSSR count). The van der Waals surface area contributed by atoms with Crippen molar-refractivity contribution in [3.05, 3.63) is 22.4 Å². The second-order valence-electron chi connectivity index (χ2n) is 5.50. The molecular formula is C14H20N2OS. The first kappa shape index (κ1) is 12.2. The maximum Gasteiger partial charge on any atom is 0.237 e. The summed E-state index contributed by atoms with van der Waals surface area (Å²) in [7, 11) is 0. The Morgan fingerprint density at radius 2 is 2.17 bits per heavy atom. The smallest absolute Gasteiger partial charge is 0.237 e. The molecule has 1 aromatic rings. The van der Waals surface area contributed by atoms with Gasteiger partial charge in [-0.3, -0.25) is 10.1 Å². The lowest BCUT2D eigenvalue weighted by molar-refractivity contribution is -0.123. The molecule has 2 fully saturated rings. The molecule has 0 bridgehead atoms. The van der Waals surface area contributed by atoms with E-state index in [4.69, 9.17) is 0 Å². The monoisotopic (exact) mass is 264 g/mol. The summed E-state index contributed by atoms with van der Waals surface area (Å²) in [4.78, 5) is 13.3. The molecule has 2 saturated carbocycles. The van der Waals surface area contributed by atoms with E-state index in [-0.39, 0.29) is 11.9 Å². The molecule has 0 spiro atoms. The summed E-state index contributed by atoms with van der Waals surface area (Å²) in [6.07, 6.45) is 4.87. The Labute approximate surface area is 112 Å². The summed E-state index contributed by atoms with van der Waals surface area (Å²) in [6.45, 7) is 1.97. The van der Waals surface area contributed by atoms with Crippen molar-refractivity contribution in [1.82, 2.24) is 10.6 Å². The molecule has 2 atom stereocenters. The normalized spacial score (nSPS) is 22.5. The van der Waals surface area contributed by atoms with Crippen LogP contribution in [0.5, 0.6) is 0 Å². The summed E-state index contributed by atoms with van der Waals surface area (Å²) < 4.78 is 0. The molecule has 1 heterocycles. The minimum Gasteiger partial charge on any atom is -0.352 e. The van der Waals surface area contributed by atoms with E-state index >= 15 is 0 Å². The second-order valence-corrected chi connectivity index (χ2v) is 6.48. The summed E-state index contributed by atoms with van der Waals surface area (Å²) in [5.74, 6) is 0.875. The van der Waals surface area contributed by atoms with Crippen LogP contribution in [0.15, 0.2) is 17.5 Å². The van der Waals surface area contributed by atoms with Gasteiger partial charge in [0.15, 0.2) is 0 Å². The molecule has 1 aromatic heterocycles. The molecular weight excluding hydrogens is 244 g/mol. The highest BCUT2D eigenvalue weighted by Crippen LogP contribution is 2.42. The van der Waals surface area contributed by atoms with Crippen molar-refractivity contribution in [2.45, 2.75) is 50.7 Å². The van der Waals surface area contributed by atoms with Crippen LogP contribution >= 0.6 is 11.3 Å². The van der Waals surface area contributed by atoms with Crippen molar-refractivity contribution in [1.29, 1.82) is 0 Å². The summed E-state index contributed by atoms with van der Waals surface area (Å²) in [5.41, 5.74) is 0. The number of hydrogen-bond donors (Lipinski definition) is 2. The van der Waals surface area contributed by atoms with Crippen molar-refractivity contribution < 1.29 is 4.79 Å². The number of amides is 1. The first-order valence-electron chi connectivity index (χ1n) is 6.84. The van der Waals surface area contributed by atoms with Crippen LogP contribution in [0.4, 0.5) is 0 Å². The lowest BCUT2D eigenvalue weighted by Crippen LogP contribution is -2.44. The van der Waals surface area contributed by atoms with Gasteiger partial charge < -0.3 is 5.32 Å². The molecule has 3 nitrogen and oxygen atoms in total. The van der Waals surface area contributed by atoms with Gasteiger partial charge in [-0.15, -0.1) is 11.3 Å². The van der Waals surface area contributed by atoms with Gasteiger partial charge in [0, 0.05) is 17.0 Å². The van der Waals surface area contributed by atoms with Gasteiger partial charge in [-0.05, 0) is 50.0 Å². The van der Waals surface area contributed by atoms with E-state index < -0.39 is 0 Å². The molecule has 2 aliphatic rings. The molecule has 2 unspecified atom stereocenters. The SMILES string of the molecule is CC(NC(c1cccs1)C1CC1)C(=O)NC1CC1. The highest BCUT2D eigenvalue weighted by Gasteiger charge is 2.35. The van der Waals surface area contributed by atoms with Crippen LogP contribution in [0.3, 0.4) is 0 Å². The zero-order valence-corrected chi connectivity index (χ0v) is 11.5. The van der Waals surface area contributed by atoms with Crippen molar-refractivity contribution in [3.8, 4) is 0 Å². The van der Waals surface area contributed by atoms with Crippen molar-refractivity contribution in [3.63, 3.8) is 0 Å². The van der Waals surface area contributed by atoms with Crippen LogP contribution in [0.25, 0.3) is 0 Å². The van der Waals surface area contributed by atoms with E-state index in [9.17, 15) is 4.79 Å². The molecule has 0 saturated heterocycles. The molecule has 18 heavy (non-hydrogen) atoms. The Kier molecular flexibility index (Phi) is 3.39. The predicted octanol–water partition coefficient (Wildman–Crippen LogP) is 2.46. The number of nitrogens with one attached hydrogen (secondary N) is 2. The van der Waals surface area contributed by atoms with Gasteiger partial charge in [0.05, 0.1) is 6.04 Å². The van der Waals surface area contributed by atoms with Crippen LogP contribution in [-0.2, 0) is 4.79 Å². The van der Waals surface area contributed by atoms with Gasteiger partial charge >= 0.3 is 0 Å². The van der Waals surface area contributed by atoms with Crippen molar-refractivity contribution >= 4 is 17.2 Å². The molecule has 0 aromatic carbocycles. The Morgan fingerprint density at radius 3 is 2.72 bits per heavy atom. The van der Waals surface area contributed by atoms with Gasteiger partial charge in [0.25, 0.3) is 0 Å². The minimum absolute atomic E-state index is 0.0988. The highest BCUT2D eigenvalue weighted by atomic mass is 32.1. The first-order chi connectivity index (χ1) is 8.74. The average Bonchev–Trinajstić information content (AvgIpc) is 3.27. The number of hydrogen-bond acceptors (Lipinski definition) is 3. The minimum atomic E-state index is -0.0988. The van der Waals surface area contributed by atoms with Crippen molar-refractivity contribution in [2.24, 2.45) is 5.92 Å². The van der Waals surface area contributed by atoms with E-state index in [1.54, 1.807) is 11.3 Å². The van der Waals surface area contributed by atoms with Crippen LogP contribution in [0, 0.1) is 5.92 Å². The molecule has 98 valence electrons. The van der Waals surface area contributed by atoms with Crippen LogP contribution in [-0.4, -0.2) is 18.0 Å². The Balaban J connectivity index is 1.59. The average molecular weight is 264 g/mol. The zero-order valence-electron chi connectivity index (χ0n) is 10.7. The third-order valence-electron chi connectivity index (χ3n) is 3.69. The summed E-state index contributed by atoms with van der Waals surface area (Å²) in [6, 6.07) is 4.98. The second kappa shape index (κ2) is 5.02. The highest BCUT2D eigenvalue weighted by molar-refractivity contribution is 7.10. The lowest BCUT2D eigenvalue weighted by Gasteiger charge is -2.22. The molecule has 0 aliphatic heterocycles. The number of thiophene rings is 1. The third kappa shape index (κ3) is 2.93. The van der Waals surface area contributed by atoms with Crippen molar-refractivity contribution in [2.75, 3.05) is 0 Å². The maximum atomic E-state index is 12.0. The van der Waals surface area contributed by atoms with Gasteiger partial charge in [-0.1, -0.05) is 6.07 Å².